The second kappa shape index (κ2) is 5.47. The Balaban J connectivity index is 1.54. The van der Waals surface area contributed by atoms with E-state index in [0.29, 0.717) is 27.8 Å². The first-order valence-corrected chi connectivity index (χ1v) is 9.33. The van der Waals surface area contributed by atoms with Crippen molar-refractivity contribution in [1.82, 2.24) is 19.3 Å². The summed E-state index contributed by atoms with van der Waals surface area (Å²) in [5.41, 5.74) is 2.60. The highest BCUT2D eigenvalue weighted by Gasteiger charge is 2.46. The highest BCUT2D eigenvalue weighted by molar-refractivity contribution is 5.72. The van der Waals surface area contributed by atoms with Crippen LogP contribution in [0.1, 0.15) is 34.1 Å². The van der Waals surface area contributed by atoms with Gasteiger partial charge in [0.05, 0.1) is 0 Å². The number of hydrogen-bond acceptors (Lipinski definition) is 7. The zero-order chi connectivity index (χ0) is 20.7. The van der Waals surface area contributed by atoms with Crippen LogP contribution in [0.2, 0.25) is 0 Å². The van der Waals surface area contributed by atoms with Gasteiger partial charge in [0.1, 0.15) is 0 Å². The van der Waals surface area contributed by atoms with Crippen LogP contribution in [0.5, 0.6) is 23.5 Å². The average molecular weight is 404 g/mol. The van der Waals surface area contributed by atoms with Crippen LogP contribution in [0.15, 0.2) is 46.9 Å². The fraction of sp³-hybridized carbons (Fsp3) is 0.143. The summed E-state index contributed by atoms with van der Waals surface area (Å²) >= 11 is 0. The lowest BCUT2D eigenvalue weighted by Gasteiger charge is -2.31. The summed E-state index contributed by atoms with van der Waals surface area (Å²) in [6.45, 7) is 0. The molecule has 7 rings (SSSR count). The van der Waals surface area contributed by atoms with Gasteiger partial charge in [0.15, 0.2) is 11.8 Å². The number of nitrogens with zero attached hydrogens (tertiary/aromatic N) is 4. The summed E-state index contributed by atoms with van der Waals surface area (Å²) < 4.78 is 8.09. The number of aromatic nitrogens is 4. The van der Waals surface area contributed by atoms with Crippen LogP contribution in [0.3, 0.4) is 0 Å². The van der Waals surface area contributed by atoms with E-state index >= 15 is 0 Å². The lowest BCUT2D eigenvalue weighted by Crippen LogP contribution is -2.17. The standard InChI is InChI=1S/C21H16N4O5/c1-24-17(26)12-10-7-8-11(13(12)18(24)27)15-14(10)19(28)25(20(15)29)21-23-22-16(30-21)9-5-3-2-4-6-9/h2-8,10-11,26-29H,1H3. The molecule has 30 heavy (non-hydrogen) atoms. The smallest absolute Gasteiger partial charge is 0.332 e. The SMILES string of the molecule is Cn1c(O)c2c(c1O)C1C=CC2c2c1c(O)n(-c1nnc(-c3ccccc3)o1)c2O. The maximum Gasteiger partial charge on any atom is 0.332 e. The average Bonchev–Trinajstić information content (AvgIpc) is 3.42. The molecule has 3 aliphatic carbocycles. The van der Waals surface area contributed by atoms with Gasteiger partial charge in [-0.05, 0) is 12.1 Å². The van der Waals surface area contributed by atoms with Crippen molar-refractivity contribution in [3.05, 3.63) is 64.7 Å². The minimum atomic E-state index is -0.532. The van der Waals surface area contributed by atoms with E-state index in [1.165, 1.54) is 4.57 Å². The van der Waals surface area contributed by atoms with Gasteiger partial charge in [-0.3, -0.25) is 4.57 Å². The van der Waals surface area contributed by atoms with Crippen LogP contribution >= 0.6 is 0 Å². The topological polar surface area (TPSA) is 130 Å². The first-order chi connectivity index (χ1) is 14.5. The van der Waals surface area contributed by atoms with Gasteiger partial charge in [0.2, 0.25) is 17.7 Å². The lowest BCUT2D eigenvalue weighted by atomic mass is 9.70. The molecule has 0 amide bonds. The summed E-state index contributed by atoms with van der Waals surface area (Å²) in [5.74, 6) is -1.48. The molecule has 4 N–H and O–H groups in total. The van der Waals surface area contributed by atoms with Crippen LogP contribution in [-0.2, 0) is 7.05 Å². The number of aromatic hydroxyl groups is 4. The van der Waals surface area contributed by atoms with Gasteiger partial charge in [-0.1, -0.05) is 35.4 Å². The van der Waals surface area contributed by atoms with E-state index in [9.17, 15) is 20.4 Å². The van der Waals surface area contributed by atoms with E-state index < -0.39 is 11.8 Å². The van der Waals surface area contributed by atoms with E-state index in [1.807, 2.05) is 42.5 Å². The molecule has 3 heterocycles. The number of rotatable bonds is 2. The molecule has 2 atom stereocenters. The van der Waals surface area contributed by atoms with Crippen LogP contribution < -0.4 is 0 Å². The Morgan fingerprint density at radius 1 is 0.767 bits per heavy atom. The molecule has 3 aliphatic rings. The van der Waals surface area contributed by atoms with Gasteiger partial charge < -0.3 is 24.8 Å². The first kappa shape index (κ1) is 16.8. The van der Waals surface area contributed by atoms with Crippen molar-refractivity contribution < 1.29 is 24.8 Å². The second-order valence-corrected chi connectivity index (χ2v) is 7.44. The number of allylic oxidation sites excluding steroid dienone is 2. The van der Waals surface area contributed by atoms with E-state index in [0.717, 1.165) is 4.57 Å². The summed E-state index contributed by atoms with van der Waals surface area (Å²) in [4.78, 5) is 0. The summed E-state index contributed by atoms with van der Waals surface area (Å²) in [7, 11) is 1.55. The van der Waals surface area contributed by atoms with E-state index in [-0.39, 0.29) is 35.4 Å². The molecule has 150 valence electrons. The number of benzene rings is 1. The van der Waals surface area contributed by atoms with Crippen molar-refractivity contribution >= 4 is 0 Å². The normalized spacial score (nSPS) is 18.6. The largest absolute Gasteiger partial charge is 0.494 e. The third-order valence-corrected chi connectivity index (χ3v) is 5.97. The van der Waals surface area contributed by atoms with Gasteiger partial charge in [-0.2, -0.15) is 0 Å². The van der Waals surface area contributed by atoms with Crippen molar-refractivity contribution in [3.63, 3.8) is 0 Å². The highest BCUT2D eigenvalue weighted by atomic mass is 16.4. The lowest BCUT2D eigenvalue weighted by molar-refractivity contribution is 0.376. The van der Waals surface area contributed by atoms with E-state index in [2.05, 4.69) is 10.2 Å². The Labute approximate surface area is 169 Å². The molecule has 4 aromatic rings. The minimum absolute atomic E-state index is 0.0803. The predicted octanol–water partition coefficient (Wildman–Crippen LogP) is 2.84. The minimum Gasteiger partial charge on any atom is -0.494 e. The third-order valence-electron chi connectivity index (χ3n) is 5.97. The number of hydrogen-bond donors (Lipinski definition) is 4. The molecule has 0 aliphatic heterocycles. The van der Waals surface area contributed by atoms with Crippen LogP contribution in [0.25, 0.3) is 17.5 Å². The van der Waals surface area contributed by atoms with Crippen LogP contribution in [-0.4, -0.2) is 39.8 Å². The molecule has 1 aromatic carbocycles. The highest BCUT2D eigenvalue weighted by Crippen LogP contribution is 2.60. The van der Waals surface area contributed by atoms with Crippen molar-refractivity contribution in [2.45, 2.75) is 11.8 Å². The van der Waals surface area contributed by atoms with Crippen molar-refractivity contribution in [3.8, 4) is 41.0 Å². The molecule has 2 unspecified atom stereocenters. The van der Waals surface area contributed by atoms with Gasteiger partial charge in [0.25, 0.3) is 0 Å². The fourth-order valence-corrected chi connectivity index (χ4v) is 4.59. The van der Waals surface area contributed by atoms with Gasteiger partial charge in [0, 0.05) is 46.7 Å². The molecule has 3 aromatic heterocycles. The first-order valence-electron chi connectivity index (χ1n) is 9.33. The zero-order valence-electron chi connectivity index (χ0n) is 15.7. The monoisotopic (exact) mass is 404 g/mol. The van der Waals surface area contributed by atoms with Crippen molar-refractivity contribution in [2.75, 3.05) is 0 Å². The van der Waals surface area contributed by atoms with Crippen LogP contribution in [0, 0.1) is 0 Å². The Morgan fingerprint density at radius 3 is 1.87 bits per heavy atom. The van der Waals surface area contributed by atoms with Gasteiger partial charge in [-0.25, -0.2) is 4.57 Å². The molecule has 0 fully saturated rings. The molecular weight excluding hydrogens is 388 g/mol. The second-order valence-electron chi connectivity index (χ2n) is 7.44. The Morgan fingerprint density at radius 2 is 1.30 bits per heavy atom. The Kier molecular flexibility index (Phi) is 3.06. The Hall–Kier alpha value is -4.14. The maximum atomic E-state index is 11.0. The molecular formula is C21H16N4O5. The molecule has 0 saturated heterocycles. The fourth-order valence-electron chi connectivity index (χ4n) is 4.59. The molecule has 0 saturated carbocycles. The predicted molar refractivity (Wildman–Crippen MR) is 104 cm³/mol. The molecule has 2 bridgehead atoms. The van der Waals surface area contributed by atoms with E-state index in [4.69, 9.17) is 4.42 Å². The summed E-state index contributed by atoms with van der Waals surface area (Å²) in [6, 6.07) is 9.07. The summed E-state index contributed by atoms with van der Waals surface area (Å²) in [5, 5.41) is 51.0. The quantitative estimate of drug-likeness (QED) is 0.378. The van der Waals surface area contributed by atoms with E-state index in [1.54, 1.807) is 7.05 Å². The van der Waals surface area contributed by atoms with Crippen molar-refractivity contribution in [2.24, 2.45) is 7.05 Å². The molecule has 0 spiro atoms. The Bertz CT molecular complexity index is 1300. The van der Waals surface area contributed by atoms with Gasteiger partial charge >= 0.3 is 6.01 Å². The molecule has 0 radical (unpaired) electrons. The zero-order valence-corrected chi connectivity index (χ0v) is 15.7. The molecule has 9 nitrogen and oxygen atoms in total. The van der Waals surface area contributed by atoms with Crippen molar-refractivity contribution in [1.29, 1.82) is 0 Å². The summed E-state index contributed by atoms with van der Waals surface area (Å²) in [6.07, 6.45) is 3.67. The van der Waals surface area contributed by atoms with Gasteiger partial charge in [-0.15, -0.1) is 5.10 Å². The van der Waals surface area contributed by atoms with Crippen LogP contribution in [0.4, 0.5) is 0 Å². The maximum absolute atomic E-state index is 11.0. The third kappa shape index (κ3) is 1.86. The molecule has 9 heteroatoms.